The van der Waals surface area contributed by atoms with Crippen LogP contribution in [0, 0.1) is 11.8 Å². The second kappa shape index (κ2) is 4.84. The summed E-state index contributed by atoms with van der Waals surface area (Å²) in [6.45, 7) is 4.24. The molecule has 0 spiro atoms. The molecule has 2 heteroatoms. The molecule has 0 aromatic rings. The van der Waals surface area contributed by atoms with Crippen molar-refractivity contribution >= 4 is 0 Å². The van der Waals surface area contributed by atoms with Crippen LogP contribution in [0.5, 0.6) is 0 Å². The Morgan fingerprint density at radius 3 is 2.40 bits per heavy atom. The first-order valence-corrected chi connectivity index (χ1v) is 6.67. The summed E-state index contributed by atoms with van der Waals surface area (Å²) in [5.74, 6) is 2.04. The average Bonchev–Trinajstić information content (AvgIpc) is 3.07. The molecule has 0 aromatic carbocycles. The molecule has 0 heterocycles. The van der Waals surface area contributed by atoms with Crippen LogP contribution in [-0.4, -0.2) is 18.6 Å². The van der Waals surface area contributed by atoms with Gasteiger partial charge < -0.3 is 11.1 Å². The van der Waals surface area contributed by atoms with Crippen LogP contribution in [0.15, 0.2) is 0 Å². The van der Waals surface area contributed by atoms with Crippen molar-refractivity contribution < 1.29 is 0 Å². The lowest BCUT2D eigenvalue weighted by Gasteiger charge is -2.29. The summed E-state index contributed by atoms with van der Waals surface area (Å²) >= 11 is 0. The quantitative estimate of drug-likeness (QED) is 0.603. The summed E-state index contributed by atoms with van der Waals surface area (Å²) in [6.07, 6.45) is 9.88. The van der Waals surface area contributed by atoms with E-state index in [4.69, 9.17) is 5.73 Å². The van der Waals surface area contributed by atoms with Gasteiger partial charge in [0, 0.05) is 12.1 Å². The molecule has 2 nitrogen and oxygen atoms in total. The van der Waals surface area contributed by atoms with E-state index in [0.29, 0.717) is 0 Å². The van der Waals surface area contributed by atoms with Gasteiger partial charge in [0.25, 0.3) is 0 Å². The van der Waals surface area contributed by atoms with E-state index in [0.717, 1.165) is 24.9 Å². The molecule has 1 atom stereocenters. The molecule has 88 valence electrons. The second-order valence-electron chi connectivity index (χ2n) is 5.92. The smallest absolute Gasteiger partial charge is 0.0278 e. The van der Waals surface area contributed by atoms with E-state index < -0.39 is 0 Å². The molecule has 0 bridgehead atoms. The Kier molecular flexibility index (Phi) is 3.68. The fourth-order valence-corrected chi connectivity index (χ4v) is 2.37. The molecule has 0 aliphatic heterocycles. The predicted octanol–water partition coefficient (Wildman–Crippen LogP) is 2.28. The number of hydrogen-bond donors (Lipinski definition) is 2. The average molecular weight is 210 g/mol. The summed E-state index contributed by atoms with van der Waals surface area (Å²) in [5, 5.41) is 3.68. The molecule has 15 heavy (non-hydrogen) atoms. The maximum Gasteiger partial charge on any atom is 0.0278 e. The van der Waals surface area contributed by atoms with E-state index in [1.807, 2.05) is 0 Å². The highest BCUT2D eigenvalue weighted by Gasteiger charge is 2.32. The fraction of sp³-hybridized carbons (Fsp3) is 1.00. The van der Waals surface area contributed by atoms with Gasteiger partial charge >= 0.3 is 0 Å². The molecule has 2 aliphatic rings. The Labute approximate surface area is 94.0 Å². The number of nitrogens with one attached hydrogen (secondary N) is 1. The zero-order valence-electron chi connectivity index (χ0n) is 10.1. The Morgan fingerprint density at radius 2 is 1.87 bits per heavy atom. The Bertz CT molecular complexity index is 197. The highest BCUT2D eigenvalue weighted by molar-refractivity contribution is 4.91. The van der Waals surface area contributed by atoms with Gasteiger partial charge in [-0.05, 0) is 44.6 Å². The Morgan fingerprint density at radius 1 is 1.20 bits per heavy atom. The van der Waals surface area contributed by atoms with Crippen molar-refractivity contribution in [1.29, 1.82) is 0 Å². The van der Waals surface area contributed by atoms with E-state index in [1.54, 1.807) is 0 Å². The van der Waals surface area contributed by atoms with Crippen LogP contribution in [0.3, 0.4) is 0 Å². The summed E-state index contributed by atoms with van der Waals surface area (Å²) < 4.78 is 0. The first-order valence-electron chi connectivity index (χ1n) is 6.67. The first kappa shape index (κ1) is 11.4. The van der Waals surface area contributed by atoms with Crippen molar-refractivity contribution in [3.05, 3.63) is 0 Å². The molecular formula is C13H26N2. The van der Waals surface area contributed by atoms with Crippen LogP contribution in [0.2, 0.25) is 0 Å². The third-order valence-electron chi connectivity index (χ3n) is 3.92. The molecule has 2 rings (SSSR count). The van der Waals surface area contributed by atoms with Crippen LogP contribution in [0.1, 0.15) is 51.9 Å². The number of nitrogens with two attached hydrogens (primary N) is 1. The topological polar surface area (TPSA) is 38.0 Å². The maximum atomic E-state index is 5.87. The van der Waals surface area contributed by atoms with Crippen molar-refractivity contribution in [3.63, 3.8) is 0 Å². The second-order valence-corrected chi connectivity index (χ2v) is 5.92. The molecule has 2 aliphatic carbocycles. The molecule has 1 unspecified atom stereocenters. The zero-order valence-corrected chi connectivity index (χ0v) is 10.1. The van der Waals surface area contributed by atoms with Gasteiger partial charge in [0.2, 0.25) is 0 Å². The molecule has 3 N–H and O–H groups in total. The van der Waals surface area contributed by atoms with Crippen LogP contribution in [-0.2, 0) is 0 Å². The monoisotopic (exact) mass is 210 g/mol. The van der Waals surface area contributed by atoms with Gasteiger partial charge in [0.05, 0.1) is 0 Å². The van der Waals surface area contributed by atoms with Crippen molar-refractivity contribution in [2.45, 2.75) is 57.4 Å². The number of rotatable bonds is 8. The lowest BCUT2D eigenvalue weighted by molar-refractivity contribution is 0.319. The molecular weight excluding hydrogens is 184 g/mol. The minimum atomic E-state index is 0.213. The summed E-state index contributed by atoms with van der Waals surface area (Å²) in [4.78, 5) is 0. The van der Waals surface area contributed by atoms with E-state index >= 15 is 0 Å². The summed E-state index contributed by atoms with van der Waals surface area (Å²) in [6, 6.07) is 0. The van der Waals surface area contributed by atoms with Gasteiger partial charge in [-0.2, -0.15) is 0 Å². The predicted molar refractivity (Wildman–Crippen MR) is 64.8 cm³/mol. The van der Waals surface area contributed by atoms with Gasteiger partial charge in [0.15, 0.2) is 0 Å². The van der Waals surface area contributed by atoms with E-state index in [-0.39, 0.29) is 5.54 Å². The molecule has 0 amide bonds. The van der Waals surface area contributed by atoms with Crippen LogP contribution >= 0.6 is 0 Å². The van der Waals surface area contributed by atoms with Crippen molar-refractivity contribution in [1.82, 2.24) is 5.32 Å². The third-order valence-corrected chi connectivity index (χ3v) is 3.92. The highest BCUT2D eigenvalue weighted by atomic mass is 15.0. The largest absolute Gasteiger partial charge is 0.329 e. The van der Waals surface area contributed by atoms with Gasteiger partial charge in [-0.15, -0.1) is 0 Å². The van der Waals surface area contributed by atoms with Crippen molar-refractivity contribution in [2.75, 3.05) is 13.1 Å². The van der Waals surface area contributed by atoms with Crippen LogP contribution in [0.25, 0.3) is 0 Å². The molecule has 2 fully saturated rings. The molecule has 0 radical (unpaired) electrons. The number of hydrogen-bond acceptors (Lipinski definition) is 2. The minimum Gasteiger partial charge on any atom is -0.329 e. The summed E-state index contributed by atoms with van der Waals surface area (Å²) in [5.41, 5.74) is 6.09. The fourth-order valence-electron chi connectivity index (χ4n) is 2.37. The summed E-state index contributed by atoms with van der Waals surface area (Å²) in [7, 11) is 0. The molecule has 0 aromatic heterocycles. The Balaban J connectivity index is 1.59. The molecule has 0 saturated heterocycles. The van der Waals surface area contributed by atoms with Gasteiger partial charge in [-0.3, -0.25) is 0 Å². The van der Waals surface area contributed by atoms with E-state index in [1.165, 1.54) is 44.9 Å². The third kappa shape index (κ3) is 4.12. The van der Waals surface area contributed by atoms with Gasteiger partial charge in [-0.25, -0.2) is 0 Å². The standard InChI is InChI=1S/C13H26N2/c1-13(10-14,9-12-6-7-12)15-8-2-3-11-4-5-11/h11-12,15H,2-10,14H2,1H3. The zero-order chi connectivity index (χ0) is 10.7. The lowest BCUT2D eigenvalue weighted by Crippen LogP contribution is -2.49. The Hall–Kier alpha value is -0.0800. The van der Waals surface area contributed by atoms with E-state index in [9.17, 15) is 0 Å². The van der Waals surface area contributed by atoms with Crippen molar-refractivity contribution in [3.8, 4) is 0 Å². The normalized spacial score (nSPS) is 25.2. The lowest BCUT2D eigenvalue weighted by atomic mass is 9.94. The molecule has 2 saturated carbocycles. The van der Waals surface area contributed by atoms with E-state index in [2.05, 4.69) is 12.2 Å². The minimum absolute atomic E-state index is 0.213. The van der Waals surface area contributed by atoms with Crippen LogP contribution in [0.4, 0.5) is 0 Å². The van der Waals surface area contributed by atoms with Crippen LogP contribution < -0.4 is 11.1 Å². The SMILES string of the molecule is CC(CN)(CC1CC1)NCCCC1CC1. The van der Waals surface area contributed by atoms with Gasteiger partial charge in [0.1, 0.15) is 0 Å². The van der Waals surface area contributed by atoms with Gasteiger partial charge in [-0.1, -0.05) is 25.7 Å². The highest BCUT2D eigenvalue weighted by Crippen LogP contribution is 2.36. The van der Waals surface area contributed by atoms with Crippen molar-refractivity contribution in [2.24, 2.45) is 17.6 Å². The first-order chi connectivity index (χ1) is 7.22. The maximum absolute atomic E-state index is 5.87.